The van der Waals surface area contributed by atoms with E-state index in [2.05, 4.69) is 32.8 Å². The Morgan fingerprint density at radius 1 is 1.11 bits per heavy atom. The summed E-state index contributed by atoms with van der Waals surface area (Å²) in [6.45, 7) is 0. The van der Waals surface area contributed by atoms with Crippen LogP contribution >= 0.6 is 22.6 Å². The second-order valence-corrected chi connectivity index (χ2v) is 4.76. The standard InChI is InChI=1S/C12H14IN3O3/c1-17-7-5-4-6(10(18-2)11(7)19-3)9-8(13)12(14)16-15-9/h4-5H,1-3H3,(H3,14,15,16). The molecular weight excluding hydrogens is 361 g/mol. The largest absolute Gasteiger partial charge is 0.493 e. The molecule has 19 heavy (non-hydrogen) atoms. The van der Waals surface area contributed by atoms with Crippen molar-refractivity contribution in [1.29, 1.82) is 0 Å². The highest BCUT2D eigenvalue weighted by Gasteiger charge is 2.20. The second-order valence-electron chi connectivity index (χ2n) is 3.68. The lowest BCUT2D eigenvalue weighted by Crippen LogP contribution is -1.97. The van der Waals surface area contributed by atoms with Gasteiger partial charge in [0.2, 0.25) is 5.75 Å². The predicted molar refractivity (Wildman–Crippen MR) is 80.8 cm³/mol. The molecule has 2 rings (SSSR count). The van der Waals surface area contributed by atoms with Crippen LogP contribution in [0.25, 0.3) is 11.3 Å². The molecule has 0 amide bonds. The average Bonchev–Trinajstić information content (AvgIpc) is 2.77. The molecule has 0 bridgehead atoms. The summed E-state index contributed by atoms with van der Waals surface area (Å²) >= 11 is 2.13. The van der Waals surface area contributed by atoms with Crippen molar-refractivity contribution >= 4 is 28.4 Å². The molecular formula is C12H14IN3O3. The normalized spacial score (nSPS) is 10.3. The second kappa shape index (κ2) is 5.55. The van der Waals surface area contributed by atoms with Crippen molar-refractivity contribution < 1.29 is 14.2 Å². The van der Waals surface area contributed by atoms with Gasteiger partial charge in [-0.15, -0.1) is 0 Å². The smallest absolute Gasteiger partial charge is 0.203 e. The monoisotopic (exact) mass is 375 g/mol. The number of aromatic amines is 1. The molecule has 1 aromatic heterocycles. The quantitative estimate of drug-likeness (QED) is 0.802. The SMILES string of the molecule is COc1ccc(-c2[nH]nc(N)c2I)c(OC)c1OC. The van der Waals surface area contributed by atoms with Crippen LogP contribution in [0.2, 0.25) is 0 Å². The Kier molecular flexibility index (Phi) is 4.03. The number of aromatic nitrogens is 2. The van der Waals surface area contributed by atoms with Gasteiger partial charge in [0.1, 0.15) is 0 Å². The number of hydrogen-bond acceptors (Lipinski definition) is 5. The van der Waals surface area contributed by atoms with Gasteiger partial charge < -0.3 is 19.9 Å². The zero-order valence-corrected chi connectivity index (χ0v) is 12.9. The molecule has 0 aliphatic heterocycles. The van der Waals surface area contributed by atoms with Crippen LogP contribution in [0.1, 0.15) is 0 Å². The minimum Gasteiger partial charge on any atom is -0.493 e. The number of nitrogens with two attached hydrogens (primary N) is 1. The molecule has 0 radical (unpaired) electrons. The van der Waals surface area contributed by atoms with Crippen LogP contribution in [0.5, 0.6) is 17.2 Å². The van der Waals surface area contributed by atoms with Gasteiger partial charge in [-0.1, -0.05) is 0 Å². The van der Waals surface area contributed by atoms with Crippen molar-refractivity contribution in [3.05, 3.63) is 15.7 Å². The van der Waals surface area contributed by atoms with E-state index in [1.807, 2.05) is 12.1 Å². The highest BCUT2D eigenvalue weighted by Crippen LogP contribution is 2.45. The van der Waals surface area contributed by atoms with Gasteiger partial charge in [0.15, 0.2) is 17.3 Å². The molecule has 0 aliphatic carbocycles. The van der Waals surface area contributed by atoms with E-state index in [1.165, 1.54) is 0 Å². The number of ether oxygens (including phenoxy) is 3. The maximum atomic E-state index is 5.75. The Morgan fingerprint density at radius 2 is 1.79 bits per heavy atom. The summed E-state index contributed by atoms with van der Waals surface area (Å²) in [5.41, 5.74) is 7.35. The van der Waals surface area contributed by atoms with E-state index >= 15 is 0 Å². The molecule has 102 valence electrons. The third kappa shape index (κ3) is 2.29. The number of nitrogens with one attached hydrogen (secondary N) is 1. The number of methoxy groups -OCH3 is 3. The highest BCUT2D eigenvalue weighted by molar-refractivity contribution is 14.1. The van der Waals surface area contributed by atoms with E-state index in [9.17, 15) is 0 Å². The minimum atomic E-state index is 0.451. The van der Waals surface area contributed by atoms with Crippen LogP contribution in [0.3, 0.4) is 0 Å². The van der Waals surface area contributed by atoms with Gasteiger partial charge in [-0.25, -0.2) is 0 Å². The number of benzene rings is 1. The maximum Gasteiger partial charge on any atom is 0.203 e. The van der Waals surface area contributed by atoms with E-state index in [4.69, 9.17) is 19.9 Å². The summed E-state index contributed by atoms with van der Waals surface area (Å²) < 4.78 is 16.9. The first-order valence-electron chi connectivity index (χ1n) is 5.42. The van der Waals surface area contributed by atoms with Crippen LogP contribution in [-0.4, -0.2) is 31.5 Å². The average molecular weight is 375 g/mol. The van der Waals surface area contributed by atoms with Gasteiger partial charge >= 0.3 is 0 Å². The van der Waals surface area contributed by atoms with E-state index in [-0.39, 0.29) is 0 Å². The molecule has 0 atom stereocenters. The first-order valence-corrected chi connectivity index (χ1v) is 6.50. The zero-order chi connectivity index (χ0) is 14.0. The molecule has 7 heteroatoms. The summed E-state index contributed by atoms with van der Waals surface area (Å²) in [5.74, 6) is 2.16. The molecule has 0 fully saturated rings. The fourth-order valence-electron chi connectivity index (χ4n) is 1.82. The first kappa shape index (κ1) is 13.8. The molecule has 6 nitrogen and oxygen atoms in total. The van der Waals surface area contributed by atoms with Gasteiger partial charge in [-0.2, -0.15) is 5.10 Å². The number of rotatable bonds is 4. The predicted octanol–water partition coefficient (Wildman–Crippen LogP) is 2.29. The van der Waals surface area contributed by atoms with Crippen molar-refractivity contribution in [3.63, 3.8) is 0 Å². The molecule has 3 N–H and O–H groups in total. The zero-order valence-electron chi connectivity index (χ0n) is 10.8. The Labute approximate surface area is 124 Å². The minimum absolute atomic E-state index is 0.451. The number of H-pyrrole nitrogens is 1. The molecule has 1 heterocycles. The van der Waals surface area contributed by atoms with Crippen LogP contribution in [0.4, 0.5) is 5.82 Å². The Balaban J connectivity index is 2.67. The van der Waals surface area contributed by atoms with Gasteiger partial charge in [-0.3, -0.25) is 5.10 Å². The van der Waals surface area contributed by atoms with E-state index in [1.54, 1.807) is 21.3 Å². The van der Waals surface area contributed by atoms with Crippen molar-refractivity contribution in [2.45, 2.75) is 0 Å². The Hall–Kier alpha value is -1.64. The molecule has 1 aromatic carbocycles. The number of nitrogens with zero attached hydrogens (tertiary/aromatic N) is 1. The van der Waals surface area contributed by atoms with Gasteiger partial charge in [-0.05, 0) is 34.7 Å². The van der Waals surface area contributed by atoms with Crippen LogP contribution in [0.15, 0.2) is 12.1 Å². The van der Waals surface area contributed by atoms with Gasteiger partial charge in [0.05, 0.1) is 30.6 Å². The number of anilines is 1. The molecule has 2 aromatic rings. The van der Waals surface area contributed by atoms with Crippen molar-refractivity contribution in [1.82, 2.24) is 10.2 Å². The number of nitrogen functional groups attached to an aromatic ring is 1. The Morgan fingerprint density at radius 3 is 2.26 bits per heavy atom. The van der Waals surface area contributed by atoms with Crippen molar-refractivity contribution in [3.8, 4) is 28.5 Å². The molecule has 0 aliphatic rings. The van der Waals surface area contributed by atoms with Crippen LogP contribution < -0.4 is 19.9 Å². The van der Waals surface area contributed by atoms with E-state index in [0.717, 1.165) is 14.8 Å². The fourth-order valence-corrected chi connectivity index (χ4v) is 2.35. The first-order chi connectivity index (χ1) is 9.13. The molecule has 0 unspecified atom stereocenters. The van der Waals surface area contributed by atoms with Crippen LogP contribution in [0, 0.1) is 3.57 Å². The Bertz CT molecular complexity index is 598. The van der Waals surface area contributed by atoms with Crippen molar-refractivity contribution in [2.75, 3.05) is 27.1 Å². The summed E-state index contributed by atoms with van der Waals surface area (Å²) in [7, 11) is 4.72. The summed E-state index contributed by atoms with van der Waals surface area (Å²) in [6.07, 6.45) is 0. The topological polar surface area (TPSA) is 82.4 Å². The fraction of sp³-hybridized carbons (Fsp3) is 0.250. The van der Waals surface area contributed by atoms with E-state index < -0.39 is 0 Å². The lowest BCUT2D eigenvalue weighted by Gasteiger charge is -2.15. The summed E-state index contributed by atoms with van der Waals surface area (Å²) in [4.78, 5) is 0. The van der Waals surface area contributed by atoms with Crippen LogP contribution in [-0.2, 0) is 0 Å². The summed E-state index contributed by atoms with van der Waals surface area (Å²) in [5, 5.41) is 6.88. The highest BCUT2D eigenvalue weighted by atomic mass is 127. The number of halogens is 1. The number of hydrogen-bond donors (Lipinski definition) is 2. The van der Waals surface area contributed by atoms with Gasteiger partial charge in [0, 0.05) is 5.56 Å². The molecule has 0 spiro atoms. The van der Waals surface area contributed by atoms with Crippen molar-refractivity contribution in [2.24, 2.45) is 0 Å². The third-order valence-corrected chi connectivity index (χ3v) is 3.80. The summed E-state index contributed by atoms with van der Waals surface area (Å²) in [6, 6.07) is 3.68. The third-order valence-electron chi connectivity index (χ3n) is 2.71. The molecule has 0 saturated heterocycles. The molecule has 0 saturated carbocycles. The lowest BCUT2D eigenvalue weighted by molar-refractivity contribution is 0.325. The van der Waals surface area contributed by atoms with Gasteiger partial charge in [0.25, 0.3) is 0 Å². The lowest BCUT2D eigenvalue weighted by atomic mass is 10.1. The maximum absolute atomic E-state index is 5.75. The van der Waals surface area contributed by atoms with E-state index in [0.29, 0.717) is 23.1 Å².